The quantitative estimate of drug-likeness (QED) is 0.553. The number of aromatic amines is 1. The van der Waals surface area contributed by atoms with Gasteiger partial charge in [-0.3, -0.25) is 0 Å². The van der Waals surface area contributed by atoms with E-state index in [2.05, 4.69) is 9.97 Å². The predicted molar refractivity (Wildman–Crippen MR) is 51.3 cm³/mol. The summed E-state index contributed by atoms with van der Waals surface area (Å²) in [6.07, 6.45) is 4.35. The third-order valence-corrected chi connectivity index (χ3v) is 1.82. The summed E-state index contributed by atoms with van der Waals surface area (Å²) in [5.41, 5.74) is 11.4. The monoisotopic (exact) mass is 182 g/mol. The summed E-state index contributed by atoms with van der Waals surface area (Å²) in [5, 5.41) is 0. The number of hydrogen-bond acceptors (Lipinski definition) is 4. The van der Waals surface area contributed by atoms with Crippen LogP contribution in [0.2, 0.25) is 0 Å². The van der Waals surface area contributed by atoms with Gasteiger partial charge >= 0.3 is 5.69 Å². The number of nitrogens with one attached hydrogen (secondary N) is 1. The lowest BCUT2D eigenvalue weighted by Gasteiger charge is -2.01. The van der Waals surface area contributed by atoms with Gasteiger partial charge in [0.15, 0.2) is 0 Å². The number of aryl methyl sites for hydroxylation is 1. The second-order valence-electron chi connectivity index (χ2n) is 2.86. The molecule has 0 bridgehead atoms. The average Bonchev–Trinajstić information content (AvgIpc) is 2.09. The number of aromatic nitrogens is 2. The molecule has 1 rings (SSSR count). The second-order valence-corrected chi connectivity index (χ2v) is 2.86. The van der Waals surface area contributed by atoms with Crippen LogP contribution in [0.5, 0.6) is 0 Å². The zero-order valence-corrected chi connectivity index (χ0v) is 7.42. The highest BCUT2D eigenvalue weighted by Crippen LogP contribution is 2.07. The van der Waals surface area contributed by atoms with Crippen molar-refractivity contribution in [1.82, 2.24) is 9.97 Å². The number of nitrogens with zero attached hydrogens (tertiary/aromatic N) is 1. The van der Waals surface area contributed by atoms with Crippen molar-refractivity contribution in [3.63, 3.8) is 0 Å². The molecule has 0 radical (unpaired) electrons. The predicted octanol–water partition coefficient (Wildman–Crippen LogP) is -0.366. The Hall–Kier alpha value is -1.36. The molecule has 0 fully saturated rings. The first-order valence-corrected chi connectivity index (χ1v) is 4.28. The maximum absolute atomic E-state index is 10.7. The SMILES string of the molecule is NCCCCc1c[nH]c(=O)nc1N. The summed E-state index contributed by atoms with van der Waals surface area (Å²) in [5.74, 6) is 0.320. The van der Waals surface area contributed by atoms with Gasteiger partial charge in [-0.1, -0.05) is 0 Å². The van der Waals surface area contributed by atoms with Crippen LogP contribution in [0.1, 0.15) is 18.4 Å². The van der Waals surface area contributed by atoms with Gasteiger partial charge in [0.2, 0.25) is 0 Å². The van der Waals surface area contributed by atoms with Crippen LogP contribution < -0.4 is 17.2 Å². The zero-order valence-electron chi connectivity index (χ0n) is 7.42. The third-order valence-electron chi connectivity index (χ3n) is 1.82. The van der Waals surface area contributed by atoms with Gasteiger partial charge in [-0.05, 0) is 25.8 Å². The first-order chi connectivity index (χ1) is 6.24. The third kappa shape index (κ3) is 2.87. The minimum absolute atomic E-state index is 0.320. The van der Waals surface area contributed by atoms with Crippen molar-refractivity contribution >= 4 is 5.82 Å². The van der Waals surface area contributed by atoms with Crippen LogP contribution in [0.25, 0.3) is 0 Å². The zero-order chi connectivity index (χ0) is 9.68. The largest absolute Gasteiger partial charge is 0.383 e. The van der Waals surface area contributed by atoms with Crippen molar-refractivity contribution in [1.29, 1.82) is 0 Å². The summed E-state index contributed by atoms with van der Waals surface area (Å²) >= 11 is 0. The van der Waals surface area contributed by atoms with Crippen LogP contribution in [-0.2, 0) is 6.42 Å². The maximum atomic E-state index is 10.7. The van der Waals surface area contributed by atoms with Crippen molar-refractivity contribution < 1.29 is 0 Å². The Bertz CT molecular complexity index is 320. The molecule has 0 saturated carbocycles. The van der Waals surface area contributed by atoms with E-state index in [1.807, 2.05) is 0 Å². The van der Waals surface area contributed by atoms with Gasteiger partial charge in [0.1, 0.15) is 5.82 Å². The van der Waals surface area contributed by atoms with Crippen LogP contribution in [0, 0.1) is 0 Å². The summed E-state index contributed by atoms with van der Waals surface area (Å²) in [4.78, 5) is 16.8. The van der Waals surface area contributed by atoms with Gasteiger partial charge in [0.05, 0.1) is 0 Å². The van der Waals surface area contributed by atoms with Crippen LogP contribution in [0.4, 0.5) is 5.82 Å². The standard InChI is InChI=1S/C8H14N4O/c9-4-2-1-3-6-5-11-8(13)12-7(6)10/h5H,1-4,9H2,(H3,10,11,12,13). The molecule has 1 heterocycles. The fraction of sp³-hybridized carbons (Fsp3) is 0.500. The van der Waals surface area contributed by atoms with Crippen molar-refractivity contribution in [2.45, 2.75) is 19.3 Å². The minimum Gasteiger partial charge on any atom is -0.383 e. The fourth-order valence-electron chi connectivity index (χ4n) is 1.10. The Morgan fingerprint density at radius 3 is 2.85 bits per heavy atom. The smallest absolute Gasteiger partial charge is 0.346 e. The molecule has 72 valence electrons. The molecule has 5 nitrogen and oxygen atoms in total. The average molecular weight is 182 g/mol. The van der Waals surface area contributed by atoms with E-state index in [4.69, 9.17) is 11.5 Å². The summed E-state index contributed by atoms with van der Waals surface area (Å²) in [7, 11) is 0. The van der Waals surface area contributed by atoms with Crippen molar-refractivity contribution in [2.24, 2.45) is 5.73 Å². The van der Waals surface area contributed by atoms with Crippen LogP contribution in [-0.4, -0.2) is 16.5 Å². The van der Waals surface area contributed by atoms with Gasteiger partial charge in [0.25, 0.3) is 0 Å². The number of H-pyrrole nitrogens is 1. The normalized spacial score (nSPS) is 10.2. The van der Waals surface area contributed by atoms with Gasteiger partial charge < -0.3 is 16.5 Å². The number of rotatable bonds is 4. The molecule has 0 aliphatic heterocycles. The van der Waals surface area contributed by atoms with Crippen molar-refractivity contribution in [3.8, 4) is 0 Å². The molecule has 0 unspecified atom stereocenters. The highest BCUT2D eigenvalue weighted by Gasteiger charge is 2.00. The van der Waals surface area contributed by atoms with Crippen LogP contribution in [0.15, 0.2) is 11.0 Å². The molecular formula is C8H14N4O. The lowest BCUT2D eigenvalue weighted by molar-refractivity contribution is 0.741. The molecule has 0 spiro atoms. The summed E-state index contributed by atoms with van der Waals surface area (Å²) < 4.78 is 0. The first kappa shape index (κ1) is 9.73. The number of nitrogen functional groups attached to an aromatic ring is 1. The topological polar surface area (TPSA) is 97.8 Å². The maximum Gasteiger partial charge on any atom is 0.346 e. The van der Waals surface area contributed by atoms with Crippen LogP contribution >= 0.6 is 0 Å². The highest BCUT2D eigenvalue weighted by atomic mass is 16.1. The van der Waals surface area contributed by atoms with Crippen molar-refractivity contribution in [2.75, 3.05) is 12.3 Å². The Balaban J connectivity index is 2.61. The number of hydrogen-bond donors (Lipinski definition) is 3. The van der Waals surface area contributed by atoms with Gasteiger partial charge in [0, 0.05) is 11.8 Å². The first-order valence-electron chi connectivity index (χ1n) is 4.28. The molecule has 0 aromatic carbocycles. The van der Waals surface area contributed by atoms with Crippen molar-refractivity contribution in [3.05, 3.63) is 22.2 Å². The Morgan fingerprint density at radius 1 is 1.46 bits per heavy atom. The molecule has 0 aliphatic rings. The number of nitrogens with two attached hydrogens (primary N) is 2. The van der Waals surface area contributed by atoms with E-state index in [9.17, 15) is 4.79 Å². The Labute approximate surface area is 76.2 Å². The Morgan fingerprint density at radius 2 is 2.23 bits per heavy atom. The Kier molecular flexibility index (Phi) is 3.45. The molecule has 5 heteroatoms. The molecule has 1 aromatic heterocycles. The van der Waals surface area contributed by atoms with E-state index in [1.54, 1.807) is 6.20 Å². The molecule has 0 aliphatic carbocycles. The molecule has 0 saturated heterocycles. The molecule has 1 aromatic rings. The fourth-order valence-corrected chi connectivity index (χ4v) is 1.10. The van der Waals surface area contributed by atoms with Gasteiger partial charge in [-0.2, -0.15) is 4.98 Å². The molecule has 0 atom stereocenters. The van der Waals surface area contributed by atoms with E-state index in [-0.39, 0.29) is 0 Å². The molecule has 0 amide bonds. The van der Waals surface area contributed by atoms with E-state index in [0.717, 1.165) is 24.8 Å². The lowest BCUT2D eigenvalue weighted by atomic mass is 10.1. The number of unbranched alkanes of at least 4 members (excludes halogenated alkanes) is 1. The summed E-state index contributed by atoms with van der Waals surface area (Å²) in [6, 6.07) is 0. The summed E-state index contributed by atoms with van der Waals surface area (Å²) in [6.45, 7) is 0.677. The van der Waals surface area contributed by atoms with E-state index in [1.165, 1.54) is 0 Å². The molecule has 5 N–H and O–H groups in total. The molecule has 13 heavy (non-hydrogen) atoms. The number of anilines is 1. The minimum atomic E-state index is -0.403. The lowest BCUT2D eigenvalue weighted by Crippen LogP contribution is -2.14. The van der Waals surface area contributed by atoms with E-state index in [0.29, 0.717) is 12.4 Å². The van der Waals surface area contributed by atoms with E-state index < -0.39 is 5.69 Å². The van der Waals surface area contributed by atoms with E-state index >= 15 is 0 Å². The van der Waals surface area contributed by atoms with Crippen LogP contribution in [0.3, 0.4) is 0 Å². The second kappa shape index (κ2) is 4.61. The molecular weight excluding hydrogens is 168 g/mol. The van der Waals surface area contributed by atoms with Gasteiger partial charge in [-0.25, -0.2) is 4.79 Å². The highest BCUT2D eigenvalue weighted by molar-refractivity contribution is 5.36. The van der Waals surface area contributed by atoms with Gasteiger partial charge in [-0.15, -0.1) is 0 Å².